The van der Waals surface area contributed by atoms with Crippen LogP contribution in [-0.4, -0.2) is 21.1 Å². The van der Waals surface area contributed by atoms with E-state index in [1.165, 1.54) is 11.3 Å². The van der Waals surface area contributed by atoms with Gasteiger partial charge in [0.25, 0.3) is 5.91 Å². The topological polar surface area (TPSA) is 67.8 Å². The van der Waals surface area contributed by atoms with Crippen LogP contribution >= 0.6 is 11.3 Å². The van der Waals surface area contributed by atoms with Crippen molar-refractivity contribution < 1.29 is 4.79 Å². The summed E-state index contributed by atoms with van der Waals surface area (Å²) in [6, 6.07) is 11.3. The zero-order chi connectivity index (χ0) is 15.5. The summed E-state index contributed by atoms with van der Waals surface area (Å²) >= 11 is 1.41. The zero-order valence-corrected chi connectivity index (χ0v) is 13.2. The summed E-state index contributed by atoms with van der Waals surface area (Å²) in [6.45, 7) is 4.25. The van der Waals surface area contributed by atoms with Gasteiger partial charge < -0.3 is 0 Å². The van der Waals surface area contributed by atoms with Gasteiger partial charge in [-0.05, 0) is 18.1 Å². The van der Waals surface area contributed by atoms with Crippen molar-refractivity contribution in [2.45, 2.75) is 20.3 Å². The lowest BCUT2D eigenvalue weighted by atomic mass is 10.1. The number of hydrogen-bond donors (Lipinski definition) is 1. The number of rotatable bonds is 4. The third-order valence-corrected chi connectivity index (χ3v) is 3.96. The number of hydrogen-bond acceptors (Lipinski definition) is 5. The third kappa shape index (κ3) is 3.28. The first-order valence-corrected chi connectivity index (χ1v) is 7.93. The van der Waals surface area contributed by atoms with Gasteiger partial charge in [-0.15, -0.1) is 10.2 Å². The van der Waals surface area contributed by atoms with Gasteiger partial charge in [0.05, 0.1) is 5.52 Å². The Morgan fingerprint density at radius 2 is 2.00 bits per heavy atom. The number of fused-ring (bicyclic) bond motifs is 1. The molecule has 6 heteroatoms. The monoisotopic (exact) mass is 312 g/mol. The Morgan fingerprint density at radius 1 is 1.18 bits per heavy atom. The van der Waals surface area contributed by atoms with E-state index in [0.717, 1.165) is 22.3 Å². The van der Waals surface area contributed by atoms with Gasteiger partial charge in [-0.1, -0.05) is 49.4 Å². The molecule has 3 rings (SSSR count). The van der Waals surface area contributed by atoms with Crippen LogP contribution in [0.1, 0.15) is 29.3 Å². The molecule has 3 aromatic rings. The summed E-state index contributed by atoms with van der Waals surface area (Å²) in [4.78, 5) is 16.6. The van der Waals surface area contributed by atoms with Gasteiger partial charge in [-0.2, -0.15) is 0 Å². The molecule has 0 aliphatic carbocycles. The number of aromatic nitrogens is 3. The summed E-state index contributed by atoms with van der Waals surface area (Å²) < 4.78 is 0. The van der Waals surface area contributed by atoms with Crippen molar-refractivity contribution in [1.29, 1.82) is 0 Å². The first kappa shape index (κ1) is 14.6. The van der Waals surface area contributed by atoms with Crippen molar-refractivity contribution in [2.24, 2.45) is 5.92 Å². The van der Waals surface area contributed by atoms with Gasteiger partial charge in [0.1, 0.15) is 10.7 Å². The molecule has 22 heavy (non-hydrogen) atoms. The molecule has 0 spiro atoms. The first-order chi connectivity index (χ1) is 10.6. The van der Waals surface area contributed by atoms with E-state index in [9.17, 15) is 4.79 Å². The van der Waals surface area contributed by atoms with Crippen molar-refractivity contribution in [1.82, 2.24) is 15.2 Å². The maximum atomic E-state index is 12.3. The van der Waals surface area contributed by atoms with E-state index in [0.29, 0.717) is 16.7 Å². The fourth-order valence-corrected chi connectivity index (χ4v) is 3.04. The van der Waals surface area contributed by atoms with Crippen LogP contribution in [0.3, 0.4) is 0 Å². The molecule has 2 heterocycles. The van der Waals surface area contributed by atoms with E-state index in [1.54, 1.807) is 6.07 Å². The molecule has 0 saturated carbocycles. The first-order valence-electron chi connectivity index (χ1n) is 7.11. The number of anilines is 1. The molecule has 1 amide bonds. The van der Waals surface area contributed by atoms with Crippen LogP contribution < -0.4 is 5.32 Å². The van der Waals surface area contributed by atoms with E-state index >= 15 is 0 Å². The number of amides is 1. The Kier molecular flexibility index (Phi) is 4.11. The average molecular weight is 312 g/mol. The Morgan fingerprint density at radius 3 is 2.82 bits per heavy atom. The number of pyridine rings is 1. The largest absolute Gasteiger partial charge is 0.295 e. The number of benzene rings is 1. The molecule has 0 aliphatic heterocycles. The quantitative estimate of drug-likeness (QED) is 0.800. The predicted octanol–water partition coefficient (Wildman–Crippen LogP) is 3.54. The zero-order valence-electron chi connectivity index (χ0n) is 12.4. The van der Waals surface area contributed by atoms with E-state index < -0.39 is 0 Å². The molecule has 0 atom stereocenters. The van der Waals surface area contributed by atoms with Crippen molar-refractivity contribution in [3.05, 3.63) is 47.1 Å². The fourth-order valence-electron chi connectivity index (χ4n) is 2.09. The Labute approximate surface area is 132 Å². The second-order valence-corrected chi connectivity index (χ2v) is 6.50. The Balaban J connectivity index is 1.76. The van der Waals surface area contributed by atoms with E-state index in [-0.39, 0.29) is 5.91 Å². The maximum Gasteiger partial charge on any atom is 0.276 e. The highest BCUT2D eigenvalue weighted by Gasteiger charge is 2.12. The van der Waals surface area contributed by atoms with Gasteiger partial charge in [0.15, 0.2) is 0 Å². The highest BCUT2D eigenvalue weighted by atomic mass is 32.1. The molecule has 0 radical (unpaired) electrons. The van der Waals surface area contributed by atoms with E-state index in [1.807, 2.05) is 30.3 Å². The van der Waals surface area contributed by atoms with Gasteiger partial charge in [0, 0.05) is 11.8 Å². The number of nitrogens with one attached hydrogen (secondary N) is 1. The SMILES string of the molecule is CC(C)Cc1nnc(NC(=O)c2ccc3ccccc3n2)s1. The molecule has 0 aliphatic rings. The molecule has 1 N–H and O–H groups in total. The Bertz CT molecular complexity index is 813. The lowest BCUT2D eigenvalue weighted by Gasteiger charge is -2.02. The third-order valence-electron chi connectivity index (χ3n) is 3.10. The summed E-state index contributed by atoms with van der Waals surface area (Å²) in [6.07, 6.45) is 0.863. The average Bonchev–Trinajstić information content (AvgIpc) is 2.93. The van der Waals surface area contributed by atoms with Crippen LogP contribution in [0.15, 0.2) is 36.4 Å². The normalized spacial score (nSPS) is 11.0. The molecule has 112 valence electrons. The van der Waals surface area contributed by atoms with Crippen LogP contribution in [0, 0.1) is 5.92 Å². The van der Waals surface area contributed by atoms with E-state index in [4.69, 9.17) is 0 Å². The van der Waals surface area contributed by atoms with Crippen molar-refractivity contribution >= 4 is 33.3 Å². The standard InChI is InChI=1S/C16H16N4OS/c1-10(2)9-14-19-20-16(22-14)18-15(21)13-8-7-11-5-3-4-6-12(11)17-13/h3-8,10H,9H2,1-2H3,(H,18,20,21). The molecule has 1 aromatic carbocycles. The molecule has 5 nitrogen and oxygen atoms in total. The second-order valence-electron chi connectivity index (χ2n) is 5.44. The van der Waals surface area contributed by atoms with Gasteiger partial charge >= 0.3 is 0 Å². The fraction of sp³-hybridized carbons (Fsp3) is 0.250. The van der Waals surface area contributed by atoms with Gasteiger partial charge in [0.2, 0.25) is 5.13 Å². The highest BCUT2D eigenvalue weighted by molar-refractivity contribution is 7.15. The van der Waals surface area contributed by atoms with Crippen molar-refractivity contribution in [3.63, 3.8) is 0 Å². The van der Waals surface area contributed by atoms with Gasteiger partial charge in [-0.3, -0.25) is 10.1 Å². The van der Waals surface area contributed by atoms with Crippen LogP contribution in [0.4, 0.5) is 5.13 Å². The number of para-hydroxylation sites is 1. The minimum atomic E-state index is -0.266. The Hall–Kier alpha value is -2.34. The smallest absolute Gasteiger partial charge is 0.276 e. The minimum absolute atomic E-state index is 0.266. The molecule has 0 fully saturated rings. The lowest BCUT2D eigenvalue weighted by molar-refractivity contribution is 0.102. The second kappa shape index (κ2) is 6.19. The summed E-state index contributed by atoms with van der Waals surface area (Å²) in [5, 5.41) is 13.3. The minimum Gasteiger partial charge on any atom is -0.295 e. The number of carbonyl (C=O) groups is 1. The van der Waals surface area contributed by atoms with Gasteiger partial charge in [-0.25, -0.2) is 4.98 Å². The highest BCUT2D eigenvalue weighted by Crippen LogP contribution is 2.19. The van der Waals surface area contributed by atoms with Crippen LogP contribution in [0.5, 0.6) is 0 Å². The number of carbonyl (C=O) groups excluding carboxylic acids is 1. The molecular weight excluding hydrogens is 296 g/mol. The van der Waals surface area contributed by atoms with Crippen molar-refractivity contribution in [2.75, 3.05) is 5.32 Å². The van der Waals surface area contributed by atoms with Crippen LogP contribution in [0.25, 0.3) is 10.9 Å². The maximum absolute atomic E-state index is 12.3. The predicted molar refractivity (Wildman–Crippen MR) is 88.1 cm³/mol. The molecule has 0 bridgehead atoms. The lowest BCUT2D eigenvalue weighted by Crippen LogP contribution is -2.13. The molecule has 0 saturated heterocycles. The summed E-state index contributed by atoms with van der Waals surface area (Å²) in [7, 11) is 0. The molecular formula is C16H16N4OS. The molecule has 2 aromatic heterocycles. The summed E-state index contributed by atoms with van der Waals surface area (Å²) in [5.74, 6) is 0.247. The summed E-state index contributed by atoms with van der Waals surface area (Å²) in [5.41, 5.74) is 1.17. The van der Waals surface area contributed by atoms with Crippen LogP contribution in [-0.2, 0) is 6.42 Å². The van der Waals surface area contributed by atoms with Crippen LogP contribution in [0.2, 0.25) is 0 Å². The molecule has 0 unspecified atom stereocenters. The van der Waals surface area contributed by atoms with E-state index in [2.05, 4.69) is 34.3 Å². The van der Waals surface area contributed by atoms with Crippen molar-refractivity contribution in [3.8, 4) is 0 Å². The number of nitrogens with zero attached hydrogens (tertiary/aromatic N) is 3.